The average Bonchev–Trinajstić information content (AvgIpc) is 2.71. The van der Waals surface area contributed by atoms with E-state index in [9.17, 15) is 13.6 Å². The lowest BCUT2D eigenvalue weighted by molar-refractivity contribution is 0.0982. The molecule has 0 N–H and O–H groups in total. The maximum absolute atomic E-state index is 14.0. The SMILES string of the molecule is CCc1nn(C)c(CC(=O)c2c(F)ccc(C)c2F)c1Br. The number of carbonyl (C=O) groups excluding carboxylic acids is 1. The number of Topliss-reactive ketones (excluding diaryl/α,β-unsaturated/α-hetero) is 1. The van der Waals surface area contributed by atoms with Gasteiger partial charge in [-0.2, -0.15) is 5.10 Å². The molecule has 3 nitrogen and oxygen atoms in total. The predicted molar refractivity (Wildman–Crippen MR) is 79.4 cm³/mol. The van der Waals surface area contributed by atoms with Gasteiger partial charge in [0.1, 0.15) is 11.6 Å². The summed E-state index contributed by atoms with van der Waals surface area (Å²) in [4.78, 5) is 12.3. The summed E-state index contributed by atoms with van der Waals surface area (Å²) in [5.74, 6) is -2.23. The van der Waals surface area contributed by atoms with Crippen molar-refractivity contribution in [3.8, 4) is 0 Å². The lowest BCUT2D eigenvalue weighted by Gasteiger charge is -2.07. The third kappa shape index (κ3) is 2.90. The largest absolute Gasteiger partial charge is 0.294 e. The molecule has 0 saturated carbocycles. The Labute approximate surface area is 130 Å². The van der Waals surface area contributed by atoms with Crippen molar-refractivity contribution in [1.29, 1.82) is 0 Å². The molecule has 0 spiro atoms. The van der Waals surface area contributed by atoms with Crippen LogP contribution in [-0.2, 0) is 19.9 Å². The smallest absolute Gasteiger partial charge is 0.174 e. The van der Waals surface area contributed by atoms with Crippen LogP contribution in [0.25, 0.3) is 0 Å². The zero-order chi connectivity index (χ0) is 15.7. The molecule has 0 fully saturated rings. The van der Waals surface area contributed by atoms with Gasteiger partial charge in [-0.05, 0) is 40.9 Å². The monoisotopic (exact) mass is 356 g/mol. The van der Waals surface area contributed by atoms with Crippen molar-refractivity contribution in [1.82, 2.24) is 9.78 Å². The van der Waals surface area contributed by atoms with Gasteiger partial charge in [0.25, 0.3) is 0 Å². The summed E-state index contributed by atoms with van der Waals surface area (Å²) in [7, 11) is 1.70. The summed E-state index contributed by atoms with van der Waals surface area (Å²) >= 11 is 3.39. The predicted octanol–water partition coefficient (Wildman–Crippen LogP) is 3.76. The summed E-state index contributed by atoms with van der Waals surface area (Å²) in [5.41, 5.74) is 1.18. The zero-order valence-electron chi connectivity index (χ0n) is 12.0. The number of halogens is 3. The first-order chi connectivity index (χ1) is 9.86. The number of rotatable bonds is 4. The minimum atomic E-state index is -0.836. The fraction of sp³-hybridized carbons (Fsp3) is 0.333. The molecular weight excluding hydrogens is 342 g/mol. The van der Waals surface area contributed by atoms with Crippen LogP contribution >= 0.6 is 15.9 Å². The van der Waals surface area contributed by atoms with Gasteiger partial charge in [-0.25, -0.2) is 8.78 Å². The summed E-state index contributed by atoms with van der Waals surface area (Å²) < 4.78 is 30.0. The fourth-order valence-corrected chi connectivity index (χ4v) is 2.92. The third-order valence-corrected chi connectivity index (χ3v) is 4.31. The Bertz CT molecular complexity index is 710. The molecule has 0 aliphatic carbocycles. The van der Waals surface area contributed by atoms with Crippen molar-refractivity contribution < 1.29 is 13.6 Å². The number of carbonyl (C=O) groups is 1. The van der Waals surface area contributed by atoms with E-state index in [0.717, 1.165) is 11.8 Å². The Morgan fingerprint density at radius 1 is 1.38 bits per heavy atom. The maximum atomic E-state index is 14.0. The second-order valence-corrected chi connectivity index (χ2v) is 5.63. The Morgan fingerprint density at radius 2 is 2.05 bits per heavy atom. The highest BCUT2D eigenvalue weighted by Gasteiger charge is 2.22. The molecule has 6 heteroatoms. The summed E-state index contributed by atoms with van der Waals surface area (Å²) in [5, 5.41) is 4.27. The molecule has 0 amide bonds. The van der Waals surface area contributed by atoms with Crippen molar-refractivity contribution in [2.45, 2.75) is 26.7 Å². The van der Waals surface area contributed by atoms with Crippen LogP contribution in [0.4, 0.5) is 8.78 Å². The molecule has 0 bridgehead atoms. The quantitative estimate of drug-likeness (QED) is 0.781. The molecule has 0 unspecified atom stereocenters. The molecule has 1 heterocycles. The van der Waals surface area contributed by atoms with E-state index in [2.05, 4.69) is 21.0 Å². The van der Waals surface area contributed by atoms with E-state index in [4.69, 9.17) is 0 Å². The summed E-state index contributed by atoms with van der Waals surface area (Å²) in [6.07, 6.45) is 0.594. The number of hydrogen-bond acceptors (Lipinski definition) is 2. The number of hydrogen-bond donors (Lipinski definition) is 0. The summed E-state index contributed by atoms with van der Waals surface area (Å²) in [6.45, 7) is 3.44. The minimum Gasteiger partial charge on any atom is -0.294 e. The van der Waals surface area contributed by atoms with E-state index in [-0.39, 0.29) is 12.0 Å². The molecule has 1 aromatic carbocycles. The first-order valence-corrected chi connectivity index (χ1v) is 7.34. The van der Waals surface area contributed by atoms with Gasteiger partial charge in [0.05, 0.1) is 27.8 Å². The molecule has 2 aromatic rings. The lowest BCUT2D eigenvalue weighted by Crippen LogP contribution is -2.13. The number of ketones is 1. The molecule has 0 atom stereocenters. The van der Waals surface area contributed by atoms with Crippen LogP contribution in [0, 0.1) is 18.6 Å². The highest BCUT2D eigenvalue weighted by atomic mass is 79.9. The first-order valence-electron chi connectivity index (χ1n) is 6.54. The number of aryl methyl sites for hydroxylation is 3. The van der Waals surface area contributed by atoms with Gasteiger partial charge in [-0.15, -0.1) is 0 Å². The summed E-state index contributed by atoms with van der Waals surface area (Å²) in [6, 6.07) is 2.43. The zero-order valence-corrected chi connectivity index (χ0v) is 13.6. The minimum absolute atomic E-state index is 0.110. The molecule has 21 heavy (non-hydrogen) atoms. The first kappa shape index (κ1) is 15.8. The van der Waals surface area contributed by atoms with Crippen molar-refractivity contribution in [2.75, 3.05) is 0 Å². The molecule has 0 aliphatic rings. The van der Waals surface area contributed by atoms with Crippen LogP contribution in [-0.4, -0.2) is 15.6 Å². The Hall–Kier alpha value is -1.56. The number of aromatic nitrogens is 2. The van der Waals surface area contributed by atoms with E-state index >= 15 is 0 Å². The van der Waals surface area contributed by atoms with E-state index in [1.54, 1.807) is 11.7 Å². The van der Waals surface area contributed by atoms with Gasteiger partial charge in [-0.1, -0.05) is 13.0 Å². The van der Waals surface area contributed by atoms with Crippen molar-refractivity contribution >= 4 is 21.7 Å². The van der Waals surface area contributed by atoms with Gasteiger partial charge < -0.3 is 0 Å². The molecule has 0 radical (unpaired) electrons. The lowest BCUT2D eigenvalue weighted by atomic mass is 10.0. The Balaban J connectivity index is 2.40. The second kappa shape index (κ2) is 6.05. The maximum Gasteiger partial charge on any atom is 0.174 e. The highest BCUT2D eigenvalue weighted by molar-refractivity contribution is 9.10. The van der Waals surface area contributed by atoms with Gasteiger partial charge in [0, 0.05) is 7.05 Å². The number of benzene rings is 1. The van der Waals surface area contributed by atoms with Crippen LogP contribution in [0.1, 0.15) is 34.2 Å². The van der Waals surface area contributed by atoms with Crippen molar-refractivity contribution in [3.05, 3.63) is 50.8 Å². The van der Waals surface area contributed by atoms with Gasteiger partial charge >= 0.3 is 0 Å². The van der Waals surface area contributed by atoms with Crippen LogP contribution in [0.3, 0.4) is 0 Å². The standard InChI is InChI=1S/C15H15BrF2N2O/c1-4-10-14(16)11(20(3)19-10)7-12(21)13-9(17)6-5-8(2)15(13)18/h5-6H,4,7H2,1-3H3. The van der Waals surface area contributed by atoms with E-state index < -0.39 is 23.0 Å². The van der Waals surface area contributed by atoms with Crippen LogP contribution in [0.5, 0.6) is 0 Å². The van der Waals surface area contributed by atoms with Crippen LogP contribution < -0.4 is 0 Å². The Morgan fingerprint density at radius 3 is 2.62 bits per heavy atom. The Kier molecular flexibility index (Phi) is 4.56. The van der Waals surface area contributed by atoms with E-state index in [1.165, 1.54) is 13.0 Å². The third-order valence-electron chi connectivity index (χ3n) is 3.39. The molecule has 112 valence electrons. The van der Waals surface area contributed by atoms with E-state index in [0.29, 0.717) is 16.6 Å². The molecule has 2 rings (SSSR count). The fourth-order valence-electron chi connectivity index (χ4n) is 2.16. The normalized spacial score (nSPS) is 11.0. The number of nitrogens with zero attached hydrogens (tertiary/aromatic N) is 2. The van der Waals surface area contributed by atoms with Crippen molar-refractivity contribution in [2.24, 2.45) is 7.05 Å². The van der Waals surface area contributed by atoms with Gasteiger partial charge in [-0.3, -0.25) is 9.48 Å². The van der Waals surface area contributed by atoms with Crippen LogP contribution in [0.15, 0.2) is 16.6 Å². The topological polar surface area (TPSA) is 34.9 Å². The molecule has 0 aliphatic heterocycles. The van der Waals surface area contributed by atoms with Gasteiger partial charge in [0.15, 0.2) is 5.78 Å². The molecule has 1 aromatic heterocycles. The second-order valence-electron chi connectivity index (χ2n) is 4.84. The highest BCUT2D eigenvalue weighted by Crippen LogP contribution is 2.24. The van der Waals surface area contributed by atoms with Crippen LogP contribution in [0.2, 0.25) is 0 Å². The average molecular weight is 357 g/mol. The van der Waals surface area contributed by atoms with Gasteiger partial charge in [0.2, 0.25) is 0 Å². The molecule has 0 saturated heterocycles. The van der Waals surface area contributed by atoms with E-state index in [1.807, 2.05) is 6.92 Å². The molecular formula is C15H15BrF2N2O. The van der Waals surface area contributed by atoms with Crippen molar-refractivity contribution in [3.63, 3.8) is 0 Å².